The molecule has 144 valence electrons. The number of hydrogen-bond donors (Lipinski definition) is 1. The van der Waals surface area contributed by atoms with Gasteiger partial charge in [-0.2, -0.15) is 13.2 Å². The van der Waals surface area contributed by atoms with Gasteiger partial charge in [0.1, 0.15) is 6.54 Å². The van der Waals surface area contributed by atoms with Crippen molar-refractivity contribution in [1.29, 1.82) is 0 Å². The number of furan rings is 1. The zero-order chi connectivity index (χ0) is 19.5. The van der Waals surface area contributed by atoms with E-state index in [-0.39, 0.29) is 24.6 Å². The second-order valence-electron chi connectivity index (χ2n) is 6.03. The summed E-state index contributed by atoms with van der Waals surface area (Å²) in [6, 6.07) is 2.36. The Morgan fingerprint density at radius 1 is 1.31 bits per heavy atom. The lowest BCUT2D eigenvalue weighted by Gasteiger charge is -2.34. The van der Waals surface area contributed by atoms with E-state index in [1.165, 1.54) is 17.9 Å². The highest BCUT2D eigenvalue weighted by Gasteiger charge is 2.37. The first kappa shape index (κ1) is 19.8. The van der Waals surface area contributed by atoms with Crippen molar-refractivity contribution >= 4 is 17.8 Å². The molecule has 0 radical (unpaired) electrons. The summed E-state index contributed by atoms with van der Waals surface area (Å²) >= 11 is 0. The van der Waals surface area contributed by atoms with Gasteiger partial charge in [0.15, 0.2) is 5.76 Å². The third-order valence-electron chi connectivity index (χ3n) is 4.15. The number of aromatic carboxylic acids is 1. The number of nitrogens with zero attached hydrogens (tertiary/aromatic N) is 2. The Morgan fingerprint density at radius 3 is 2.50 bits per heavy atom. The number of piperidine rings is 1. The van der Waals surface area contributed by atoms with Crippen LogP contribution in [0.5, 0.6) is 0 Å². The molecule has 1 aromatic rings. The third kappa shape index (κ3) is 4.77. The average molecular weight is 376 g/mol. The second kappa shape index (κ2) is 7.79. The molecule has 1 aromatic heterocycles. The fraction of sp³-hybridized carbons (Fsp3) is 0.562. The minimum atomic E-state index is -4.49. The number of halogens is 3. The summed E-state index contributed by atoms with van der Waals surface area (Å²) in [4.78, 5) is 37.6. The summed E-state index contributed by atoms with van der Waals surface area (Å²) in [5.74, 6) is -3.86. The number of alkyl halides is 3. The molecule has 0 saturated carbocycles. The van der Waals surface area contributed by atoms with Crippen LogP contribution in [0.15, 0.2) is 16.5 Å². The fourth-order valence-electron chi connectivity index (χ4n) is 2.91. The van der Waals surface area contributed by atoms with Crippen molar-refractivity contribution in [3.05, 3.63) is 23.7 Å². The molecule has 0 aliphatic carbocycles. The maximum Gasteiger partial charge on any atom is 0.406 e. The summed E-state index contributed by atoms with van der Waals surface area (Å²) in [5, 5.41) is 8.83. The van der Waals surface area contributed by atoms with E-state index in [2.05, 4.69) is 0 Å². The highest BCUT2D eigenvalue weighted by molar-refractivity contribution is 5.94. The lowest BCUT2D eigenvalue weighted by molar-refractivity contribution is -0.164. The number of carbonyl (C=O) groups is 3. The van der Waals surface area contributed by atoms with Gasteiger partial charge in [-0.1, -0.05) is 0 Å². The molecule has 1 aliphatic rings. The monoisotopic (exact) mass is 376 g/mol. The molecule has 2 amide bonds. The lowest BCUT2D eigenvalue weighted by atomic mass is 9.96. The first-order valence-electron chi connectivity index (χ1n) is 8.10. The van der Waals surface area contributed by atoms with Gasteiger partial charge in [0.05, 0.1) is 5.92 Å². The van der Waals surface area contributed by atoms with Crippen molar-refractivity contribution in [1.82, 2.24) is 9.80 Å². The van der Waals surface area contributed by atoms with Crippen molar-refractivity contribution in [2.45, 2.75) is 25.9 Å². The van der Waals surface area contributed by atoms with Crippen LogP contribution in [-0.2, 0) is 4.79 Å². The molecule has 1 aliphatic heterocycles. The van der Waals surface area contributed by atoms with Gasteiger partial charge >= 0.3 is 12.1 Å². The summed E-state index contributed by atoms with van der Waals surface area (Å²) in [6.07, 6.45) is -3.65. The molecule has 1 fully saturated rings. The number of amides is 2. The van der Waals surface area contributed by atoms with E-state index in [0.29, 0.717) is 19.4 Å². The van der Waals surface area contributed by atoms with Crippen LogP contribution in [-0.4, -0.2) is 65.0 Å². The van der Waals surface area contributed by atoms with Gasteiger partial charge in [0.2, 0.25) is 11.7 Å². The molecule has 2 heterocycles. The van der Waals surface area contributed by atoms with Crippen molar-refractivity contribution < 1.29 is 37.1 Å². The number of likely N-dealkylation sites (tertiary alicyclic amines) is 1. The smallest absolute Gasteiger partial charge is 0.406 e. The molecule has 7 nitrogen and oxygen atoms in total. The second-order valence-corrected chi connectivity index (χ2v) is 6.03. The van der Waals surface area contributed by atoms with Crippen LogP contribution in [0.3, 0.4) is 0 Å². The van der Waals surface area contributed by atoms with E-state index in [1.54, 1.807) is 0 Å². The highest BCUT2D eigenvalue weighted by Crippen LogP contribution is 2.24. The Balaban J connectivity index is 2.06. The standard InChI is InChI=1S/C16H19F3N2O5/c1-2-20(9-16(17,18)19)13(22)10-4-3-7-21(8-10)14(23)11-5-6-12(26-11)15(24)25/h5-6,10H,2-4,7-9H2,1H3,(H,24,25). The topological polar surface area (TPSA) is 91.1 Å². The molecule has 26 heavy (non-hydrogen) atoms. The van der Waals surface area contributed by atoms with Gasteiger partial charge in [0.25, 0.3) is 5.91 Å². The summed E-state index contributed by atoms with van der Waals surface area (Å²) in [7, 11) is 0. The van der Waals surface area contributed by atoms with Crippen LogP contribution < -0.4 is 0 Å². The molecule has 1 saturated heterocycles. The Morgan fingerprint density at radius 2 is 1.96 bits per heavy atom. The molecule has 10 heteroatoms. The minimum Gasteiger partial charge on any atom is -0.475 e. The zero-order valence-corrected chi connectivity index (χ0v) is 14.1. The van der Waals surface area contributed by atoms with E-state index < -0.39 is 36.4 Å². The number of hydrogen-bond acceptors (Lipinski definition) is 4. The quantitative estimate of drug-likeness (QED) is 0.851. The van der Waals surface area contributed by atoms with Crippen molar-refractivity contribution in [3.8, 4) is 0 Å². The van der Waals surface area contributed by atoms with Crippen molar-refractivity contribution in [3.63, 3.8) is 0 Å². The van der Waals surface area contributed by atoms with E-state index in [4.69, 9.17) is 9.52 Å². The van der Waals surface area contributed by atoms with E-state index in [1.807, 2.05) is 0 Å². The van der Waals surface area contributed by atoms with E-state index in [0.717, 1.165) is 11.0 Å². The van der Waals surface area contributed by atoms with Gasteiger partial charge in [-0.15, -0.1) is 0 Å². The van der Waals surface area contributed by atoms with Gasteiger partial charge in [-0.3, -0.25) is 9.59 Å². The molecule has 2 rings (SSSR count). The number of carbonyl (C=O) groups excluding carboxylic acids is 2. The van der Waals surface area contributed by atoms with E-state index in [9.17, 15) is 27.6 Å². The predicted molar refractivity (Wildman–Crippen MR) is 82.6 cm³/mol. The van der Waals surface area contributed by atoms with Gasteiger partial charge in [-0.05, 0) is 31.9 Å². The lowest BCUT2D eigenvalue weighted by Crippen LogP contribution is -2.48. The first-order chi connectivity index (χ1) is 12.1. The van der Waals surface area contributed by atoms with E-state index >= 15 is 0 Å². The molecule has 1 N–H and O–H groups in total. The molecule has 0 aromatic carbocycles. The van der Waals surface area contributed by atoms with Crippen LogP contribution in [0.1, 0.15) is 40.9 Å². The third-order valence-corrected chi connectivity index (χ3v) is 4.15. The summed E-state index contributed by atoms with van der Waals surface area (Å²) in [5.41, 5.74) is 0. The van der Waals surface area contributed by atoms with Crippen LogP contribution in [0.4, 0.5) is 13.2 Å². The predicted octanol–water partition coefficient (Wildman–Crippen LogP) is 2.24. The number of carboxylic acid groups (broad SMARTS) is 1. The summed E-state index contributed by atoms with van der Waals surface area (Å²) in [6.45, 7) is 0.341. The van der Waals surface area contributed by atoms with Crippen LogP contribution in [0.2, 0.25) is 0 Å². The Hall–Kier alpha value is -2.52. The number of carboxylic acids is 1. The zero-order valence-electron chi connectivity index (χ0n) is 14.1. The molecule has 1 atom stereocenters. The van der Waals surface area contributed by atoms with Crippen LogP contribution in [0, 0.1) is 5.92 Å². The Bertz CT molecular complexity index is 686. The van der Waals surface area contributed by atoms with Gasteiger partial charge in [0, 0.05) is 19.6 Å². The molecule has 0 bridgehead atoms. The van der Waals surface area contributed by atoms with Gasteiger partial charge in [-0.25, -0.2) is 4.79 Å². The molecule has 0 spiro atoms. The Kier molecular flexibility index (Phi) is 5.94. The van der Waals surface area contributed by atoms with Crippen LogP contribution >= 0.6 is 0 Å². The normalized spacial score (nSPS) is 17.8. The average Bonchev–Trinajstić information content (AvgIpc) is 3.08. The maximum atomic E-state index is 12.6. The fourth-order valence-corrected chi connectivity index (χ4v) is 2.91. The minimum absolute atomic E-state index is 0.0326. The van der Waals surface area contributed by atoms with Crippen molar-refractivity contribution in [2.75, 3.05) is 26.2 Å². The first-order valence-corrected chi connectivity index (χ1v) is 8.10. The van der Waals surface area contributed by atoms with Gasteiger partial charge < -0.3 is 19.3 Å². The SMILES string of the molecule is CCN(CC(F)(F)F)C(=O)C1CCCN(C(=O)c2ccc(C(=O)O)o2)C1. The number of rotatable bonds is 5. The summed E-state index contributed by atoms with van der Waals surface area (Å²) < 4.78 is 42.7. The molecular formula is C16H19F3N2O5. The largest absolute Gasteiger partial charge is 0.475 e. The highest BCUT2D eigenvalue weighted by atomic mass is 19.4. The Labute approximate surface area is 147 Å². The van der Waals surface area contributed by atoms with Crippen molar-refractivity contribution in [2.24, 2.45) is 5.92 Å². The molecule has 1 unspecified atom stereocenters. The molecular weight excluding hydrogens is 357 g/mol. The van der Waals surface area contributed by atoms with Crippen LogP contribution in [0.25, 0.3) is 0 Å². The maximum absolute atomic E-state index is 12.6.